The van der Waals surface area contributed by atoms with E-state index >= 15 is 0 Å². The lowest BCUT2D eigenvalue weighted by Gasteiger charge is -2.32. The van der Waals surface area contributed by atoms with Crippen LogP contribution in [-0.2, 0) is 6.54 Å². The summed E-state index contributed by atoms with van der Waals surface area (Å²) >= 11 is 0. The largest absolute Gasteiger partial charge is 0.497 e. The molecule has 1 aliphatic rings. The minimum atomic E-state index is 0.0235. The topological polar surface area (TPSA) is 98.9 Å². The fourth-order valence-electron chi connectivity index (χ4n) is 3.41. The fraction of sp³-hybridized carbons (Fsp3) is 0.368. The zero-order valence-corrected chi connectivity index (χ0v) is 15.6. The molecule has 0 unspecified atom stereocenters. The van der Waals surface area contributed by atoms with Crippen LogP contribution in [-0.4, -0.2) is 61.2 Å². The number of nitrogens with zero attached hydrogens (tertiary/aromatic N) is 7. The molecule has 4 rings (SSSR count). The van der Waals surface area contributed by atoms with E-state index in [1.807, 2.05) is 23.1 Å². The minimum absolute atomic E-state index is 0.0235. The molecule has 1 fully saturated rings. The Morgan fingerprint density at radius 3 is 3.07 bits per heavy atom. The molecule has 0 aliphatic carbocycles. The summed E-state index contributed by atoms with van der Waals surface area (Å²) in [5.74, 6) is 1.43. The summed E-state index contributed by atoms with van der Waals surface area (Å²) in [4.78, 5) is 24.5. The molecule has 2 aromatic heterocycles. The van der Waals surface area contributed by atoms with Crippen molar-refractivity contribution in [1.82, 2.24) is 35.1 Å². The SMILES string of the molecule is COc1cccc(C(=O)N2CCC[C@H](Cn3nnc(-c4cnccn4)n3)C2)c1. The third kappa shape index (κ3) is 3.98. The second kappa shape index (κ2) is 8.12. The summed E-state index contributed by atoms with van der Waals surface area (Å²) in [7, 11) is 1.60. The van der Waals surface area contributed by atoms with Crippen molar-refractivity contribution in [3.63, 3.8) is 0 Å². The van der Waals surface area contributed by atoms with Crippen molar-refractivity contribution in [1.29, 1.82) is 0 Å². The Hall–Kier alpha value is -3.36. The van der Waals surface area contributed by atoms with Gasteiger partial charge in [0.05, 0.1) is 19.9 Å². The van der Waals surface area contributed by atoms with Crippen LogP contribution in [0.3, 0.4) is 0 Å². The molecule has 3 aromatic rings. The zero-order chi connectivity index (χ0) is 19.3. The first-order valence-corrected chi connectivity index (χ1v) is 9.20. The first kappa shape index (κ1) is 18.0. The van der Waals surface area contributed by atoms with E-state index in [0.717, 1.165) is 19.4 Å². The first-order valence-electron chi connectivity index (χ1n) is 9.20. The molecule has 0 N–H and O–H groups in total. The van der Waals surface area contributed by atoms with Gasteiger partial charge >= 0.3 is 0 Å². The van der Waals surface area contributed by atoms with E-state index < -0.39 is 0 Å². The second-order valence-electron chi connectivity index (χ2n) is 6.75. The Labute approximate surface area is 162 Å². The van der Waals surface area contributed by atoms with E-state index in [1.165, 1.54) is 0 Å². The van der Waals surface area contributed by atoms with Gasteiger partial charge in [-0.15, -0.1) is 10.2 Å². The smallest absolute Gasteiger partial charge is 0.253 e. The molecule has 1 amide bonds. The fourth-order valence-corrected chi connectivity index (χ4v) is 3.41. The lowest BCUT2D eigenvalue weighted by molar-refractivity contribution is 0.0655. The van der Waals surface area contributed by atoms with Gasteiger partial charge in [0, 0.05) is 31.0 Å². The molecular weight excluding hydrogens is 358 g/mol. The highest BCUT2D eigenvalue weighted by atomic mass is 16.5. The normalized spacial score (nSPS) is 16.8. The Bertz CT molecular complexity index is 944. The highest BCUT2D eigenvalue weighted by molar-refractivity contribution is 5.94. The van der Waals surface area contributed by atoms with Crippen LogP contribution in [0.4, 0.5) is 0 Å². The van der Waals surface area contributed by atoms with Crippen molar-refractivity contribution in [2.75, 3.05) is 20.2 Å². The third-order valence-corrected chi connectivity index (χ3v) is 4.79. The predicted octanol–water partition coefficient (Wildman–Crippen LogP) is 1.69. The number of benzene rings is 1. The number of hydrogen-bond acceptors (Lipinski definition) is 7. The lowest BCUT2D eigenvalue weighted by Crippen LogP contribution is -2.41. The number of amides is 1. The highest BCUT2D eigenvalue weighted by Crippen LogP contribution is 2.21. The summed E-state index contributed by atoms with van der Waals surface area (Å²) < 4.78 is 5.22. The minimum Gasteiger partial charge on any atom is -0.497 e. The van der Waals surface area contributed by atoms with Crippen LogP contribution in [0.5, 0.6) is 5.75 Å². The second-order valence-corrected chi connectivity index (χ2v) is 6.75. The van der Waals surface area contributed by atoms with Crippen LogP contribution in [0.25, 0.3) is 11.5 Å². The van der Waals surface area contributed by atoms with Crippen molar-refractivity contribution in [2.24, 2.45) is 5.92 Å². The quantitative estimate of drug-likeness (QED) is 0.665. The Kier molecular flexibility index (Phi) is 5.22. The van der Waals surface area contributed by atoms with Gasteiger partial charge in [0.2, 0.25) is 5.82 Å². The number of likely N-dealkylation sites (tertiary alicyclic amines) is 1. The summed E-state index contributed by atoms with van der Waals surface area (Å²) in [5.41, 5.74) is 1.23. The zero-order valence-electron chi connectivity index (χ0n) is 15.6. The van der Waals surface area contributed by atoms with Gasteiger partial charge in [0.25, 0.3) is 5.91 Å². The Morgan fingerprint density at radius 1 is 1.32 bits per heavy atom. The van der Waals surface area contributed by atoms with Gasteiger partial charge in [-0.05, 0) is 42.2 Å². The van der Waals surface area contributed by atoms with Crippen molar-refractivity contribution >= 4 is 5.91 Å². The predicted molar refractivity (Wildman–Crippen MR) is 100 cm³/mol. The molecule has 1 atom stereocenters. The number of tetrazole rings is 1. The molecule has 0 bridgehead atoms. The molecule has 3 heterocycles. The van der Waals surface area contributed by atoms with E-state index in [2.05, 4.69) is 25.4 Å². The molecule has 144 valence electrons. The summed E-state index contributed by atoms with van der Waals surface area (Å²) in [5, 5.41) is 12.6. The summed E-state index contributed by atoms with van der Waals surface area (Å²) in [6.07, 6.45) is 6.77. The number of rotatable bonds is 5. The molecule has 28 heavy (non-hydrogen) atoms. The van der Waals surface area contributed by atoms with Gasteiger partial charge < -0.3 is 9.64 Å². The average molecular weight is 379 g/mol. The molecular formula is C19H21N7O2. The maximum atomic E-state index is 12.9. The highest BCUT2D eigenvalue weighted by Gasteiger charge is 2.25. The maximum Gasteiger partial charge on any atom is 0.253 e. The van der Waals surface area contributed by atoms with Gasteiger partial charge in [0.15, 0.2) is 0 Å². The van der Waals surface area contributed by atoms with Crippen LogP contribution in [0.2, 0.25) is 0 Å². The van der Waals surface area contributed by atoms with E-state index in [4.69, 9.17) is 4.74 Å². The van der Waals surface area contributed by atoms with Crippen LogP contribution in [0, 0.1) is 5.92 Å². The van der Waals surface area contributed by atoms with Crippen molar-refractivity contribution in [3.8, 4) is 17.3 Å². The van der Waals surface area contributed by atoms with Gasteiger partial charge in [-0.3, -0.25) is 9.78 Å². The molecule has 0 spiro atoms. The molecule has 1 aromatic carbocycles. The number of methoxy groups -OCH3 is 1. The number of piperidine rings is 1. The third-order valence-electron chi connectivity index (χ3n) is 4.79. The van der Waals surface area contributed by atoms with E-state index in [1.54, 1.807) is 36.6 Å². The Balaban J connectivity index is 1.41. The monoisotopic (exact) mass is 379 g/mol. The Morgan fingerprint density at radius 2 is 2.25 bits per heavy atom. The average Bonchev–Trinajstić information content (AvgIpc) is 3.22. The van der Waals surface area contributed by atoms with E-state index in [-0.39, 0.29) is 11.8 Å². The summed E-state index contributed by atoms with van der Waals surface area (Å²) in [6, 6.07) is 7.26. The van der Waals surface area contributed by atoms with Gasteiger partial charge in [-0.2, -0.15) is 4.80 Å². The number of aromatic nitrogens is 6. The number of hydrogen-bond donors (Lipinski definition) is 0. The van der Waals surface area contributed by atoms with Gasteiger partial charge in [-0.1, -0.05) is 6.07 Å². The van der Waals surface area contributed by atoms with Crippen LogP contribution in [0.1, 0.15) is 23.2 Å². The first-order chi connectivity index (χ1) is 13.7. The summed E-state index contributed by atoms with van der Waals surface area (Å²) in [6.45, 7) is 2.02. The molecule has 1 aliphatic heterocycles. The van der Waals surface area contributed by atoms with Gasteiger partial charge in [0.1, 0.15) is 11.4 Å². The number of ether oxygens (including phenoxy) is 1. The van der Waals surface area contributed by atoms with Crippen LogP contribution in [0.15, 0.2) is 42.9 Å². The van der Waals surface area contributed by atoms with Crippen molar-refractivity contribution < 1.29 is 9.53 Å². The van der Waals surface area contributed by atoms with Crippen LogP contribution >= 0.6 is 0 Å². The van der Waals surface area contributed by atoms with Crippen molar-refractivity contribution in [2.45, 2.75) is 19.4 Å². The molecule has 9 nitrogen and oxygen atoms in total. The van der Waals surface area contributed by atoms with Gasteiger partial charge in [-0.25, -0.2) is 4.98 Å². The van der Waals surface area contributed by atoms with Crippen molar-refractivity contribution in [3.05, 3.63) is 48.4 Å². The molecule has 0 saturated carbocycles. The standard InChI is InChI=1S/C19H21N7O2/c1-28-16-6-2-5-15(10-16)19(27)25-9-3-4-14(12-25)13-26-23-18(22-24-26)17-11-20-7-8-21-17/h2,5-8,10-11,14H,3-4,9,12-13H2,1H3/t14-/m0/s1. The number of carbonyl (C=O) groups is 1. The maximum absolute atomic E-state index is 12.9. The van der Waals surface area contributed by atoms with E-state index in [0.29, 0.717) is 35.9 Å². The lowest BCUT2D eigenvalue weighted by atomic mass is 9.97. The molecule has 1 saturated heterocycles. The number of carbonyl (C=O) groups excluding carboxylic acids is 1. The molecule has 0 radical (unpaired) electrons. The molecule has 9 heteroatoms. The van der Waals surface area contributed by atoms with Crippen LogP contribution < -0.4 is 4.74 Å². The van der Waals surface area contributed by atoms with E-state index in [9.17, 15) is 4.79 Å².